The van der Waals surface area contributed by atoms with Gasteiger partial charge in [-0.1, -0.05) is 25.5 Å². The molecule has 0 radical (unpaired) electrons. The Balaban J connectivity index is 2.37. The van der Waals surface area contributed by atoms with Crippen molar-refractivity contribution in [1.82, 2.24) is 0 Å². The van der Waals surface area contributed by atoms with E-state index in [0.29, 0.717) is 6.42 Å². The van der Waals surface area contributed by atoms with Crippen LogP contribution in [0.15, 0.2) is 12.2 Å². The van der Waals surface area contributed by atoms with E-state index in [9.17, 15) is 9.59 Å². The summed E-state index contributed by atoms with van der Waals surface area (Å²) in [5, 5.41) is 0. The Morgan fingerprint density at radius 2 is 1.77 bits per heavy atom. The van der Waals surface area contributed by atoms with Gasteiger partial charge in [0.15, 0.2) is 0 Å². The van der Waals surface area contributed by atoms with Crippen molar-refractivity contribution in [2.24, 2.45) is 23.2 Å². The minimum absolute atomic E-state index is 0.0911. The minimum atomic E-state index is -0.746. The van der Waals surface area contributed by atoms with Crippen molar-refractivity contribution >= 4 is 11.9 Å². The van der Waals surface area contributed by atoms with Crippen molar-refractivity contribution in [2.75, 3.05) is 0 Å². The molecule has 0 saturated heterocycles. The van der Waals surface area contributed by atoms with Crippen molar-refractivity contribution in [3.8, 4) is 0 Å². The van der Waals surface area contributed by atoms with Crippen molar-refractivity contribution in [3.05, 3.63) is 12.2 Å². The number of hydrogen-bond donors (Lipinski definition) is 0. The maximum absolute atomic E-state index is 12.9. The zero-order chi connectivity index (χ0) is 16.5. The SMILES string of the molecule is CCCC1(C(=O)OC(C)C)C2C=CC(C2)C1C(=O)OC(C)C. The van der Waals surface area contributed by atoms with Crippen LogP contribution < -0.4 is 0 Å². The van der Waals surface area contributed by atoms with Gasteiger partial charge in [-0.3, -0.25) is 9.59 Å². The molecule has 1 saturated carbocycles. The Bertz CT molecular complexity index is 466. The van der Waals surface area contributed by atoms with Gasteiger partial charge >= 0.3 is 11.9 Å². The third kappa shape index (κ3) is 2.80. The Morgan fingerprint density at radius 3 is 2.32 bits per heavy atom. The molecule has 124 valence electrons. The minimum Gasteiger partial charge on any atom is -0.463 e. The van der Waals surface area contributed by atoms with Gasteiger partial charge in [0.25, 0.3) is 0 Å². The van der Waals surface area contributed by atoms with Crippen LogP contribution in [0.5, 0.6) is 0 Å². The molecule has 2 bridgehead atoms. The van der Waals surface area contributed by atoms with Crippen LogP contribution in [0, 0.1) is 23.2 Å². The van der Waals surface area contributed by atoms with E-state index in [-0.39, 0.29) is 36.0 Å². The summed E-state index contributed by atoms with van der Waals surface area (Å²) < 4.78 is 11.0. The molecular formula is C18H28O4. The van der Waals surface area contributed by atoms with Crippen molar-refractivity contribution in [1.29, 1.82) is 0 Å². The van der Waals surface area contributed by atoms with E-state index >= 15 is 0 Å². The number of allylic oxidation sites excluding steroid dienone is 2. The lowest BCUT2D eigenvalue weighted by atomic mass is 9.65. The Hall–Kier alpha value is -1.32. The second-order valence-corrected chi connectivity index (χ2v) is 7.10. The maximum Gasteiger partial charge on any atom is 0.313 e. The van der Waals surface area contributed by atoms with Gasteiger partial charge in [0, 0.05) is 0 Å². The predicted molar refractivity (Wildman–Crippen MR) is 84.0 cm³/mol. The lowest BCUT2D eigenvalue weighted by Crippen LogP contribution is -2.48. The van der Waals surface area contributed by atoms with E-state index in [1.165, 1.54) is 0 Å². The Morgan fingerprint density at radius 1 is 1.14 bits per heavy atom. The molecular weight excluding hydrogens is 280 g/mol. The van der Waals surface area contributed by atoms with E-state index in [4.69, 9.17) is 9.47 Å². The molecule has 0 aromatic rings. The normalized spacial score (nSPS) is 32.8. The summed E-state index contributed by atoms with van der Waals surface area (Å²) in [7, 11) is 0. The number of rotatable bonds is 6. The molecule has 4 atom stereocenters. The van der Waals surface area contributed by atoms with Gasteiger partial charge in [-0.2, -0.15) is 0 Å². The number of hydrogen-bond acceptors (Lipinski definition) is 4. The zero-order valence-corrected chi connectivity index (χ0v) is 14.3. The van der Waals surface area contributed by atoms with Crippen LogP contribution in [0.4, 0.5) is 0 Å². The van der Waals surface area contributed by atoms with Crippen molar-refractivity contribution in [2.45, 2.75) is 66.1 Å². The third-order valence-corrected chi connectivity index (χ3v) is 4.75. The average molecular weight is 308 g/mol. The fourth-order valence-electron chi connectivity index (χ4n) is 4.12. The molecule has 0 N–H and O–H groups in total. The fourth-order valence-corrected chi connectivity index (χ4v) is 4.12. The lowest BCUT2D eigenvalue weighted by molar-refractivity contribution is -0.176. The topological polar surface area (TPSA) is 52.6 Å². The Kier molecular flexibility index (Phi) is 4.98. The second-order valence-electron chi connectivity index (χ2n) is 7.10. The van der Waals surface area contributed by atoms with Gasteiger partial charge in [0.1, 0.15) is 0 Å². The molecule has 2 aliphatic carbocycles. The van der Waals surface area contributed by atoms with Gasteiger partial charge in [0.05, 0.1) is 23.5 Å². The second kappa shape index (κ2) is 6.43. The van der Waals surface area contributed by atoms with Crippen LogP contribution in [-0.2, 0) is 19.1 Å². The standard InChI is InChI=1S/C18H28O4/c1-6-9-18(17(20)22-12(4)5)14-8-7-13(10-14)15(18)16(19)21-11(2)3/h7-8,11-15H,6,9-10H2,1-5H3. The lowest BCUT2D eigenvalue weighted by Gasteiger charge is -2.39. The summed E-state index contributed by atoms with van der Waals surface area (Å²) in [6.07, 6.45) is 6.19. The van der Waals surface area contributed by atoms with Gasteiger partial charge < -0.3 is 9.47 Å². The predicted octanol–water partition coefficient (Wildman–Crippen LogP) is 3.50. The largest absolute Gasteiger partial charge is 0.463 e. The molecule has 4 unspecified atom stereocenters. The molecule has 0 heterocycles. The first-order valence-electron chi connectivity index (χ1n) is 8.42. The van der Waals surface area contributed by atoms with Crippen LogP contribution in [0.1, 0.15) is 53.9 Å². The molecule has 0 amide bonds. The highest BCUT2D eigenvalue weighted by molar-refractivity contribution is 5.88. The van der Waals surface area contributed by atoms with Crippen molar-refractivity contribution < 1.29 is 19.1 Å². The number of carbonyl (C=O) groups excluding carboxylic acids is 2. The molecule has 22 heavy (non-hydrogen) atoms. The van der Waals surface area contributed by atoms with Gasteiger partial charge in [-0.05, 0) is 52.4 Å². The molecule has 2 aliphatic rings. The van der Waals surface area contributed by atoms with Gasteiger partial charge in [-0.25, -0.2) is 0 Å². The van der Waals surface area contributed by atoms with E-state index in [2.05, 4.69) is 12.2 Å². The highest BCUT2D eigenvalue weighted by atomic mass is 16.6. The molecule has 0 aliphatic heterocycles. The van der Waals surface area contributed by atoms with Crippen LogP contribution in [0.25, 0.3) is 0 Å². The molecule has 2 rings (SSSR count). The first kappa shape index (κ1) is 17.0. The van der Waals surface area contributed by atoms with E-state index < -0.39 is 11.3 Å². The molecule has 0 aromatic carbocycles. The molecule has 0 spiro atoms. The van der Waals surface area contributed by atoms with Crippen molar-refractivity contribution in [3.63, 3.8) is 0 Å². The smallest absolute Gasteiger partial charge is 0.313 e. The zero-order valence-electron chi connectivity index (χ0n) is 14.3. The number of fused-ring (bicyclic) bond motifs is 2. The van der Waals surface area contributed by atoms with Gasteiger partial charge in [0.2, 0.25) is 0 Å². The van der Waals surface area contributed by atoms with Gasteiger partial charge in [-0.15, -0.1) is 0 Å². The molecule has 4 nitrogen and oxygen atoms in total. The third-order valence-electron chi connectivity index (χ3n) is 4.75. The first-order chi connectivity index (χ1) is 10.3. The quantitative estimate of drug-likeness (QED) is 0.556. The van der Waals surface area contributed by atoms with Crippen LogP contribution in [-0.4, -0.2) is 24.1 Å². The average Bonchev–Trinajstić information content (AvgIpc) is 2.96. The highest BCUT2D eigenvalue weighted by Gasteiger charge is 2.64. The van der Waals surface area contributed by atoms with Crippen LogP contribution >= 0.6 is 0 Å². The summed E-state index contributed by atoms with van der Waals surface area (Å²) in [6.45, 7) is 9.43. The summed E-state index contributed by atoms with van der Waals surface area (Å²) in [4.78, 5) is 25.6. The summed E-state index contributed by atoms with van der Waals surface area (Å²) in [5.41, 5.74) is -0.746. The maximum atomic E-state index is 12.9. The first-order valence-corrected chi connectivity index (χ1v) is 8.42. The van der Waals surface area contributed by atoms with Crippen LogP contribution in [0.2, 0.25) is 0 Å². The van der Waals surface area contributed by atoms with E-state index in [1.54, 1.807) is 0 Å². The monoisotopic (exact) mass is 308 g/mol. The fraction of sp³-hybridized carbons (Fsp3) is 0.778. The Labute approximate surface area is 133 Å². The van der Waals surface area contributed by atoms with Crippen LogP contribution in [0.3, 0.4) is 0 Å². The molecule has 0 aromatic heterocycles. The number of esters is 2. The summed E-state index contributed by atoms with van der Waals surface area (Å²) in [5.74, 6) is -0.695. The summed E-state index contributed by atoms with van der Waals surface area (Å²) >= 11 is 0. The number of ether oxygens (including phenoxy) is 2. The molecule has 4 heteroatoms. The summed E-state index contributed by atoms with van der Waals surface area (Å²) in [6, 6.07) is 0. The highest BCUT2D eigenvalue weighted by Crippen LogP contribution is 2.59. The van der Waals surface area contributed by atoms with E-state index in [0.717, 1.165) is 12.8 Å². The molecule has 1 fully saturated rings. The van der Waals surface area contributed by atoms with E-state index in [1.807, 2.05) is 34.6 Å². The number of carbonyl (C=O) groups is 2.